The van der Waals surface area contributed by atoms with E-state index in [2.05, 4.69) is 0 Å². The molecule has 0 aromatic carbocycles. The molecule has 1 saturated heterocycles. The Morgan fingerprint density at radius 1 is 1.64 bits per heavy atom. The Hall–Kier alpha value is 0.220. The van der Waals surface area contributed by atoms with E-state index in [-0.39, 0.29) is 12.6 Å². The first-order valence-corrected chi connectivity index (χ1v) is 7.44. The smallest absolute Gasteiger partial charge is 0.218 e. The van der Waals surface area contributed by atoms with Crippen LogP contribution in [0.1, 0.15) is 13.8 Å². The van der Waals surface area contributed by atoms with E-state index in [9.17, 15) is 8.42 Å². The van der Waals surface area contributed by atoms with Crippen molar-refractivity contribution in [2.75, 3.05) is 24.6 Å². The molecule has 1 aliphatic heterocycles. The molecule has 1 heterocycles. The van der Waals surface area contributed by atoms with Crippen LogP contribution in [-0.2, 0) is 10.0 Å². The molecule has 4 nitrogen and oxygen atoms in total. The minimum absolute atomic E-state index is 0.104. The quantitative estimate of drug-likeness (QED) is 0.757. The first-order chi connectivity index (χ1) is 6.50. The number of nitrogens with zero attached hydrogens (tertiary/aromatic N) is 1. The van der Waals surface area contributed by atoms with Crippen LogP contribution in [0.15, 0.2) is 0 Å². The van der Waals surface area contributed by atoms with E-state index in [0.717, 1.165) is 11.5 Å². The molecular formula is C8H18N2O2S2. The van der Waals surface area contributed by atoms with Crippen LogP contribution >= 0.6 is 11.8 Å². The zero-order valence-electron chi connectivity index (χ0n) is 8.64. The molecule has 0 amide bonds. The van der Waals surface area contributed by atoms with Gasteiger partial charge >= 0.3 is 0 Å². The van der Waals surface area contributed by atoms with Crippen LogP contribution in [-0.4, -0.2) is 48.6 Å². The summed E-state index contributed by atoms with van der Waals surface area (Å²) in [5, 5.41) is -0.465. The summed E-state index contributed by atoms with van der Waals surface area (Å²) in [4.78, 5) is 0. The second kappa shape index (κ2) is 4.83. The highest BCUT2D eigenvalue weighted by Gasteiger charge is 2.33. The van der Waals surface area contributed by atoms with Gasteiger partial charge in [-0.1, -0.05) is 0 Å². The van der Waals surface area contributed by atoms with E-state index in [4.69, 9.17) is 5.73 Å². The van der Waals surface area contributed by atoms with E-state index >= 15 is 0 Å². The third-order valence-corrected chi connectivity index (χ3v) is 6.07. The second-order valence-electron chi connectivity index (χ2n) is 3.63. The zero-order chi connectivity index (χ0) is 10.8. The van der Waals surface area contributed by atoms with E-state index in [1.54, 1.807) is 23.0 Å². The third kappa shape index (κ3) is 2.42. The Morgan fingerprint density at radius 2 is 2.29 bits per heavy atom. The molecule has 6 heteroatoms. The molecule has 1 fully saturated rings. The van der Waals surface area contributed by atoms with E-state index in [0.29, 0.717) is 6.54 Å². The van der Waals surface area contributed by atoms with Crippen LogP contribution in [0.5, 0.6) is 0 Å². The third-order valence-electron chi connectivity index (χ3n) is 2.47. The molecule has 0 aromatic heterocycles. The van der Waals surface area contributed by atoms with Crippen LogP contribution < -0.4 is 5.73 Å². The minimum atomic E-state index is -3.17. The van der Waals surface area contributed by atoms with Crippen molar-refractivity contribution in [2.24, 2.45) is 5.73 Å². The van der Waals surface area contributed by atoms with Gasteiger partial charge in [-0.15, -0.1) is 0 Å². The largest absolute Gasteiger partial charge is 0.329 e. The summed E-state index contributed by atoms with van der Waals surface area (Å²) in [6.07, 6.45) is 0. The lowest BCUT2D eigenvalue weighted by Crippen LogP contribution is -2.49. The topological polar surface area (TPSA) is 63.4 Å². The number of nitrogens with two attached hydrogens (primary N) is 1. The van der Waals surface area contributed by atoms with Crippen molar-refractivity contribution in [3.63, 3.8) is 0 Å². The fraction of sp³-hybridized carbons (Fsp3) is 1.00. The van der Waals surface area contributed by atoms with Crippen molar-refractivity contribution in [3.8, 4) is 0 Å². The Kier molecular flexibility index (Phi) is 4.24. The van der Waals surface area contributed by atoms with Crippen molar-refractivity contribution in [2.45, 2.75) is 25.1 Å². The number of rotatable bonds is 3. The lowest BCUT2D eigenvalue weighted by atomic mass is 10.4. The Morgan fingerprint density at radius 3 is 2.79 bits per heavy atom. The van der Waals surface area contributed by atoms with Gasteiger partial charge in [0.05, 0.1) is 5.25 Å². The van der Waals surface area contributed by atoms with Gasteiger partial charge in [0.25, 0.3) is 0 Å². The summed E-state index contributed by atoms with van der Waals surface area (Å²) < 4.78 is 25.5. The standard InChI is InChI=1S/C8H18N2O2S2/c1-7-6-13-4-3-10(7)14(11,12)8(2)5-9/h7-8H,3-6,9H2,1-2H3. The maximum Gasteiger partial charge on any atom is 0.218 e. The summed E-state index contributed by atoms with van der Waals surface area (Å²) in [6.45, 7) is 4.44. The number of sulfonamides is 1. The van der Waals surface area contributed by atoms with Crippen LogP contribution in [0.3, 0.4) is 0 Å². The average Bonchev–Trinajstić information content (AvgIpc) is 2.17. The maximum absolute atomic E-state index is 12.0. The maximum atomic E-state index is 12.0. The van der Waals surface area contributed by atoms with Crippen LogP contribution in [0.25, 0.3) is 0 Å². The molecule has 0 aliphatic carbocycles. The zero-order valence-corrected chi connectivity index (χ0v) is 10.3. The summed E-state index contributed by atoms with van der Waals surface area (Å²) in [6, 6.07) is 0.104. The van der Waals surface area contributed by atoms with Gasteiger partial charge in [-0.25, -0.2) is 8.42 Å². The fourth-order valence-electron chi connectivity index (χ4n) is 1.44. The van der Waals surface area contributed by atoms with E-state index in [1.807, 2.05) is 6.92 Å². The highest BCUT2D eigenvalue weighted by atomic mass is 32.2. The van der Waals surface area contributed by atoms with Gasteiger partial charge in [-0.3, -0.25) is 0 Å². The molecule has 84 valence electrons. The Bertz CT molecular complexity index is 279. The van der Waals surface area contributed by atoms with E-state index in [1.165, 1.54) is 0 Å². The molecular weight excluding hydrogens is 220 g/mol. The Labute approximate surface area is 90.3 Å². The first kappa shape index (κ1) is 12.3. The van der Waals surface area contributed by atoms with Crippen LogP contribution in [0.4, 0.5) is 0 Å². The predicted molar refractivity (Wildman–Crippen MR) is 60.9 cm³/mol. The molecule has 0 radical (unpaired) electrons. The lowest BCUT2D eigenvalue weighted by molar-refractivity contribution is 0.363. The predicted octanol–water partition coefficient (Wildman–Crippen LogP) is 0.101. The molecule has 2 atom stereocenters. The van der Waals surface area contributed by atoms with Gasteiger partial charge in [0.1, 0.15) is 0 Å². The lowest BCUT2D eigenvalue weighted by Gasteiger charge is -2.33. The molecule has 1 aliphatic rings. The van der Waals surface area contributed by atoms with Gasteiger partial charge in [-0.05, 0) is 13.8 Å². The number of hydrogen-bond acceptors (Lipinski definition) is 4. The minimum Gasteiger partial charge on any atom is -0.329 e. The molecule has 1 rings (SSSR count). The molecule has 0 saturated carbocycles. The first-order valence-electron chi connectivity index (χ1n) is 4.78. The van der Waals surface area contributed by atoms with Crippen molar-refractivity contribution in [1.29, 1.82) is 0 Å². The Balaban J connectivity index is 2.80. The molecule has 0 spiro atoms. The molecule has 0 bridgehead atoms. The summed E-state index contributed by atoms with van der Waals surface area (Å²) in [7, 11) is -3.17. The monoisotopic (exact) mass is 238 g/mol. The fourth-order valence-corrected chi connectivity index (χ4v) is 4.29. The van der Waals surface area contributed by atoms with E-state index < -0.39 is 15.3 Å². The van der Waals surface area contributed by atoms with Crippen LogP contribution in [0, 0.1) is 0 Å². The molecule has 0 aromatic rings. The number of hydrogen-bond donors (Lipinski definition) is 1. The summed E-state index contributed by atoms with van der Waals surface area (Å²) in [5.74, 6) is 1.78. The second-order valence-corrected chi connectivity index (χ2v) is 7.08. The molecule has 2 N–H and O–H groups in total. The normalized spacial score (nSPS) is 27.5. The molecule has 14 heavy (non-hydrogen) atoms. The SMILES string of the molecule is CC1CSCCN1S(=O)(=O)C(C)CN. The summed E-state index contributed by atoms with van der Waals surface area (Å²) >= 11 is 1.80. The van der Waals surface area contributed by atoms with Crippen molar-refractivity contribution in [3.05, 3.63) is 0 Å². The highest BCUT2D eigenvalue weighted by Crippen LogP contribution is 2.21. The highest BCUT2D eigenvalue weighted by molar-refractivity contribution is 7.99. The van der Waals surface area contributed by atoms with Gasteiger partial charge in [-0.2, -0.15) is 16.1 Å². The van der Waals surface area contributed by atoms with Crippen molar-refractivity contribution < 1.29 is 8.42 Å². The summed E-state index contributed by atoms with van der Waals surface area (Å²) in [5.41, 5.74) is 5.40. The van der Waals surface area contributed by atoms with Gasteiger partial charge in [0.2, 0.25) is 10.0 Å². The molecule has 2 unspecified atom stereocenters. The average molecular weight is 238 g/mol. The number of thioether (sulfide) groups is 1. The van der Waals surface area contributed by atoms with Gasteiger partial charge in [0, 0.05) is 30.6 Å². The van der Waals surface area contributed by atoms with Crippen LogP contribution in [0.2, 0.25) is 0 Å². The van der Waals surface area contributed by atoms with Gasteiger partial charge in [0.15, 0.2) is 0 Å². The van der Waals surface area contributed by atoms with Crippen molar-refractivity contribution >= 4 is 21.8 Å². The van der Waals surface area contributed by atoms with Crippen molar-refractivity contribution in [1.82, 2.24) is 4.31 Å². The van der Waals surface area contributed by atoms with Gasteiger partial charge < -0.3 is 5.73 Å².